The van der Waals surface area contributed by atoms with E-state index in [2.05, 4.69) is 42.0 Å². The molecule has 156 valence electrons. The van der Waals surface area contributed by atoms with E-state index < -0.39 is 29.7 Å². The van der Waals surface area contributed by atoms with Crippen LogP contribution in [0.3, 0.4) is 0 Å². The van der Waals surface area contributed by atoms with Gasteiger partial charge in [0.25, 0.3) is 5.88 Å². The van der Waals surface area contributed by atoms with E-state index in [1.165, 1.54) is 12.1 Å². The Labute approximate surface area is 170 Å². The Morgan fingerprint density at radius 3 is 2.68 bits per heavy atom. The number of benzene rings is 2. The third kappa shape index (κ3) is 4.56. The summed E-state index contributed by atoms with van der Waals surface area (Å²) < 4.78 is 47.9. The number of nitrogens with zero attached hydrogens (tertiary/aromatic N) is 3. The number of aromatic carboxylic acids is 1. The summed E-state index contributed by atoms with van der Waals surface area (Å²) >= 11 is 0. The summed E-state index contributed by atoms with van der Waals surface area (Å²) in [5, 5.41) is 17.9. The van der Waals surface area contributed by atoms with Gasteiger partial charge in [0.05, 0.1) is 16.6 Å². The molecule has 0 bridgehead atoms. The molecule has 31 heavy (non-hydrogen) atoms. The highest BCUT2D eigenvalue weighted by atomic mass is 19.4. The minimum atomic E-state index is -4.99. The summed E-state index contributed by atoms with van der Waals surface area (Å²) in [7, 11) is 0. The van der Waals surface area contributed by atoms with E-state index in [1.807, 2.05) is 0 Å². The van der Waals surface area contributed by atoms with Crippen molar-refractivity contribution < 1.29 is 32.5 Å². The molecule has 0 spiro atoms. The van der Waals surface area contributed by atoms with E-state index >= 15 is 0 Å². The molecular weight excluding hydrogens is 419 g/mol. The largest absolute Gasteiger partial charge is 0.573 e. The highest BCUT2D eigenvalue weighted by Gasteiger charge is 2.32. The maximum absolute atomic E-state index is 12.9. The maximum atomic E-state index is 12.9. The molecule has 0 unspecified atom stereocenters. The first-order chi connectivity index (χ1) is 14.8. The molecule has 0 amide bonds. The van der Waals surface area contributed by atoms with E-state index in [9.17, 15) is 18.0 Å². The topological polar surface area (TPSA) is 126 Å². The number of hydrogen-bond acceptors (Lipinski definition) is 6. The lowest BCUT2D eigenvalue weighted by atomic mass is 10.2. The fourth-order valence-electron chi connectivity index (χ4n) is 2.56. The highest BCUT2D eigenvalue weighted by Crippen LogP contribution is 2.32. The molecule has 2 heterocycles. The van der Waals surface area contributed by atoms with Crippen LogP contribution in [0.2, 0.25) is 0 Å². The Morgan fingerprint density at radius 2 is 1.94 bits per heavy atom. The van der Waals surface area contributed by atoms with Crippen molar-refractivity contribution in [3.8, 4) is 29.2 Å². The van der Waals surface area contributed by atoms with Gasteiger partial charge >= 0.3 is 12.3 Å². The number of H-pyrrole nitrogens is 2. The molecular formula is C19H10F3N5O4. The van der Waals surface area contributed by atoms with E-state index in [1.54, 1.807) is 24.3 Å². The molecule has 3 N–H and O–H groups in total. The van der Waals surface area contributed by atoms with E-state index in [0.717, 1.165) is 11.6 Å². The third-order valence-corrected chi connectivity index (χ3v) is 3.83. The zero-order chi connectivity index (χ0) is 22.0. The lowest BCUT2D eigenvalue weighted by molar-refractivity contribution is -0.274. The lowest BCUT2D eigenvalue weighted by Gasteiger charge is -2.12. The minimum absolute atomic E-state index is 0.0938. The number of ether oxygens (including phenoxy) is 2. The van der Waals surface area contributed by atoms with Crippen LogP contribution in [0.15, 0.2) is 42.5 Å². The molecule has 9 nitrogen and oxygen atoms in total. The van der Waals surface area contributed by atoms with Crippen LogP contribution in [0.5, 0.6) is 17.4 Å². The fraction of sp³-hybridized carbons (Fsp3) is 0.0526. The van der Waals surface area contributed by atoms with Crippen molar-refractivity contribution in [2.45, 2.75) is 6.36 Å². The van der Waals surface area contributed by atoms with Crippen molar-refractivity contribution in [3.05, 3.63) is 59.5 Å². The smallest absolute Gasteiger partial charge is 0.476 e. The number of para-hydroxylation sites is 2. The van der Waals surface area contributed by atoms with Crippen LogP contribution in [-0.2, 0) is 0 Å². The van der Waals surface area contributed by atoms with Gasteiger partial charge in [0.2, 0.25) is 5.69 Å². The van der Waals surface area contributed by atoms with Gasteiger partial charge in [-0.2, -0.15) is 0 Å². The van der Waals surface area contributed by atoms with Crippen LogP contribution < -0.4 is 9.47 Å². The van der Waals surface area contributed by atoms with Crippen LogP contribution >= 0.6 is 0 Å². The maximum Gasteiger partial charge on any atom is 0.573 e. The number of rotatable bonds is 4. The summed E-state index contributed by atoms with van der Waals surface area (Å²) in [5.41, 5.74) is 0.823. The van der Waals surface area contributed by atoms with Gasteiger partial charge in [0.1, 0.15) is 11.5 Å². The molecule has 0 radical (unpaired) electrons. The van der Waals surface area contributed by atoms with Gasteiger partial charge < -0.3 is 19.6 Å². The van der Waals surface area contributed by atoms with Crippen LogP contribution in [0.25, 0.3) is 11.0 Å². The van der Waals surface area contributed by atoms with Crippen LogP contribution in [0, 0.1) is 11.8 Å². The molecule has 0 aliphatic carbocycles. The Kier molecular flexibility index (Phi) is 4.92. The third-order valence-electron chi connectivity index (χ3n) is 3.83. The number of imidazole rings is 1. The second kappa shape index (κ2) is 7.71. The number of carboxylic acid groups (broad SMARTS) is 1. The van der Waals surface area contributed by atoms with Crippen molar-refractivity contribution in [2.24, 2.45) is 0 Å². The summed E-state index contributed by atoms with van der Waals surface area (Å²) in [5.74, 6) is 2.86. The van der Waals surface area contributed by atoms with Gasteiger partial charge in [-0.3, -0.25) is 0 Å². The SMILES string of the molecule is O=C(O)c1[nH]nnc1Oc1ccc(C#Cc2nc3ccccc3[nH]2)c(OC(F)(F)F)c1. The van der Waals surface area contributed by atoms with Crippen LogP contribution in [0.1, 0.15) is 21.9 Å². The van der Waals surface area contributed by atoms with Gasteiger partial charge in [-0.15, -0.1) is 13.2 Å². The number of carbonyl (C=O) groups is 1. The quantitative estimate of drug-likeness (QED) is 0.424. The Bertz CT molecular complexity index is 1300. The van der Waals surface area contributed by atoms with Crippen LogP contribution in [0.4, 0.5) is 13.2 Å². The molecule has 4 aromatic rings. The normalized spacial score (nSPS) is 11.1. The average molecular weight is 429 g/mol. The van der Waals surface area contributed by atoms with Gasteiger partial charge in [-0.1, -0.05) is 28.4 Å². The second-order valence-electron chi connectivity index (χ2n) is 5.96. The zero-order valence-corrected chi connectivity index (χ0v) is 15.2. The molecule has 0 atom stereocenters. The summed E-state index contributed by atoms with van der Waals surface area (Å²) in [6.07, 6.45) is -4.99. The van der Waals surface area contributed by atoms with E-state index in [4.69, 9.17) is 9.84 Å². The Balaban J connectivity index is 1.67. The van der Waals surface area contributed by atoms with Gasteiger partial charge in [0, 0.05) is 6.07 Å². The number of alkyl halides is 3. The molecule has 2 aromatic heterocycles. The van der Waals surface area contributed by atoms with E-state index in [0.29, 0.717) is 5.52 Å². The van der Waals surface area contributed by atoms with Crippen LogP contribution in [-0.4, -0.2) is 42.8 Å². The molecule has 0 saturated heterocycles. The second-order valence-corrected chi connectivity index (χ2v) is 5.96. The fourth-order valence-corrected chi connectivity index (χ4v) is 2.56. The molecule has 0 aliphatic heterocycles. The number of aromatic amines is 2. The number of hydrogen-bond donors (Lipinski definition) is 3. The molecule has 12 heteroatoms. The van der Waals surface area contributed by atoms with Crippen molar-refractivity contribution in [3.63, 3.8) is 0 Å². The first kappa shape index (κ1) is 19.8. The average Bonchev–Trinajstić information content (AvgIpc) is 3.32. The first-order valence-corrected chi connectivity index (χ1v) is 8.47. The van der Waals surface area contributed by atoms with Crippen molar-refractivity contribution in [1.82, 2.24) is 25.4 Å². The Hall–Kier alpha value is -4.53. The van der Waals surface area contributed by atoms with E-state index in [-0.39, 0.29) is 17.1 Å². The molecule has 0 fully saturated rings. The number of carboxylic acids is 1. The standard InChI is InChI=1S/C19H10F3N5O4/c20-19(21,22)31-14-9-11(30-17-16(18(28)29)25-27-26-17)7-5-10(14)6-8-15-23-12-3-1-2-4-13(12)24-15/h1-5,7,9H,(H,23,24)(H,28,29)(H,25,26,27). The summed E-state index contributed by atoms with van der Waals surface area (Å²) in [6, 6.07) is 10.6. The monoisotopic (exact) mass is 429 g/mol. The van der Waals surface area contributed by atoms with Gasteiger partial charge in [0.15, 0.2) is 5.82 Å². The van der Waals surface area contributed by atoms with Crippen molar-refractivity contribution >= 4 is 17.0 Å². The summed E-state index contributed by atoms with van der Waals surface area (Å²) in [4.78, 5) is 18.3. The first-order valence-electron chi connectivity index (χ1n) is 8.47. The molecule has 4 rings (SSSR count). The number of nitrogens with one attached hydrogen (secondary N) is 2. The van der Waals surface area contributed by atoms with Gasteiger partial charge in [-0.05, 0) is 30.2 Å². The summed E-state index contributed by atoms with van der Waals surface area (Å²) in [6.45, 7) is 0. The molecule has 0 aliphatic rings. The van der Waals surface area contributed by atoms with Crippen molar-refractivity contribution in [2.75, 3.05) is 0 Å². The minimum Gasteiger partial charge on any atom is -0.476 e. The zero-order valence-electron chi connectivity index (χ0n) is 15.2. The Morgan fingerprint density at radius 1 is 1.13 bits per heavy atom. The predicted octanol–water partition coefficient (Wildman–Crippen LogP) is 3.47. The number of aromatic nitrogens is 5. The number of halogens is 3. The molecule has 0 saturated carbocycles. The molecule has 2 aromatic carbocycles. The lowest BCUT2D eigenvalue weighted by Crippen LogP contribution is -2.17. The van der Waals surface area contributed by atoms with Gasteiger partial charge in [-0.25, -0.2) is 14.9 Å². The highest BCUT2D eigenvalue weighted by molar-refractivity contribution is 5.87. The number of fused-ring (bicyclic) bond motifs is 1. The predicted molar refractivity (Wildman–Crippen MR) is 98.6 cm³/mol. The van der Waals surface area contributed by atoms with Crippen molar-refractivity contribution in [1.29, 1.82) is 0 Å².